The highest BCUT2D eigenvalue weighted by Gasteiger charge is 2.31. The number of aryl methyl sites for hydroxylation is 2. The minimum atomic E-state index is 0.0775. The van der Waals surface area contributed by atoms with Crippen LogP contribution in [0.3, 0.4) is 0 Å². The van der Waals surface area contributed by atoms with Crippen LogP contribution in [-0.2, 0) is 18.3 Å². The third-order valence-electron chi connectivity index (χ3n) is 4.57. The van der Waals surface area contributed by atoms with Gasteiger partial charge in [-0.15, -0.1) is 0 Å². The summed E-state index contributed by atoms with van der Waals surface area (Å²) in [4.78, 5) is 0.336. The fourth-order valence-corrected chi connectivity index (χ4v) is 3.73. The molecule has 2 aromatic rings. The van der Waals surface area contributed by atoms with E-state index in [1.807, 2.05) is 0 Å². The minimum absolute atomic E-state index is 0.0775. The molecule has 0 N–H and O–H groups in total. The summed E-state index contributed by atoms with van der Waals surface area (Å²) in [6, 6.07) is 17.8. The molecule has 1 atom stereocenters. The van der Waals surface area contributed by atoms with E-state index in [9.17, 15) is 0 Å². The van der Waals surface area contributed by atoms with Crippen LogP contribution < -0.4 is 0 Å². The Kier molecular flexibility index (Phi) is 3.72. The van der Waals surface area contributed by atoms with Gasteiger partial charge in [0.25, 0.3) is 0 Å². The van der Waals surface area contributed by atoms with Crippen molar-refractivity contribution in [2.75, 3.05) is 0 Å². The average molecular weight is 329 g/mol. The normalized spacial score (nSPS) is 15.9. The Morgan fingerprint density at radius 1 is 0.950 bits per heavy atom. The Hall–Kier alpha value is -1.08. The molecule has 1 aliphatic rings. The SMILES string of the molecule is CC(C)(c1ccccc1)C(Br)c1ccc2c(c1)CCC2. The molecule has 3 rings (SSSR count). The Labute approximate surface area is 130 Å². The summed E-state index contributed by atoms with van der Waals surface area (Å²) >= 11 is 3.95. The van der Waals surface area contributed by atoms with Crippen LogP contribution >= 0.6 is 15.9 Å². The van der Waals surface area contributed by atoms with Gasteiger partial charge in [-0.3, -0.25) is 0 Å². The molecule has 0 heterocycles. The Bertz CT molecular complexity index is 598. The standard InChI is InChI=1S/C19H21Br/c1-19(2,17-9-4-3-5-10-17)18(20)16-12-11-14-7-6-8-15(14)13-16/h3-5,9-13,18H,6-8H2,1-2H3. The maximum atomic E-state index is 3.95. The molecule has 0 bridgehead atoms. The summed E-state index contributed by atoms with van der Waals surface area (Å²) in [5, 5.41) is 0. The number of fused-ring (bicyclic) bond motifs is 1. The zero-order chi connectivity index (χ0) is 14.2. The largest absolute Gasteiger partial charge is 0.0829 e. The summed E-state index contributed by atoms with van der Waals surface area (Å²) in [5.74, 6) is 0. The van der Waals surface area contributed by atoms with Crippen LogP contribution in [0.2, 0.25) is 0 Å². The molecule has 0 aromatic heterocycles. The Morgan fingerprint density at radius 3 is 2.40 bits per heavy atom. The second-order valence-electron chi connectivity index (χ2n) is 6.33. The summed E-state index contributed by atoms with van der Waals surface area (Å²) in [6.45, 7) is 4.63. The molecule has 0 nitrogen and oxygen atoms in total. The molecule has 0 amide bonds. The van der Waals surface area contributed by atoms with Crippen molar-refractivity contribution < 1.29 is 0 Å². The van der Waals surface area contributed by atoms with Gasteiger partial charge < -0.3 is 0 Å². The Balaban J connectivity index is 1.94. The third-order valence-corrected chi connectivity index (χ3v) is 6.24. The summed E-state index contributed by atoms with van der Waals surface area (Å²) in [6.07, 6.45) is 3.81. The van der Waals surface area contributed by atoms with Crippen molar-refractivity contribution in [1.82, 2.24) is 0 Å². The molecule has 1 heteroatoms. The molecule has 0 saturated carbocycles. The molecular weight excluding hydrogens is 308 g/mol. The molecule has 1 unspecified atom stereocenters. The monoisotopic (exact) mass is 328 g/mol. The van der Waals surface area contributed by atoms with E-state index >= 15 is 0 Å². The first-order valence-corrected chi connectivity index (χ1v) is 8.32. The van der Waals surface area contributed by atoms with Gasteiger partial charge in [0.2, 0.25) is 0 Å². The van der Waals surface area contributed by atoms with Crippen LogP contribution in [0.4, 0.5) is 0 Å². The van der Waals surface area contributed by atoms with Crippen LogP contribution in [0.25, 0.3) is 0 Å². The fourth-order valence-electron chi connectivity index (χ4n) is 3.18. The molecular formula is C19H21Br. The number of halogens is 1. The number of hydrogen-bond donors (Lipinski definition) is 0. The number of alkyl halides is 1. The van der Waals surface area contributed by atoms with E-state index in [2.05, 4.69) is 78.3 Å². The van der Waals surface area contributed by atoms with Gasteiger partial charge in [0.1, 0.15) is 0 Å². The van der Waals surface area contributed by atoms with Crippen molar-refractivity contribution in [2.24, 2.45) is 0 Å². The van der Waals surface area contributed by atoms with Gasteiger partial charge >= 0.3 is 0 Å². The van der Waals surface area contributed by atoms with E-state index in [1.54, 1.807) is 11.1 Å². The van der Waals surface area contributed by atoms with E-state index < -0.39 is 0 Å². The van der Waals surface area contributed by atoms with Gasteiger partial charge in [-0.2, -0.15) is 0 Å². The first-order valence-electron chi connectivity index (χ1n) is 7.40. The van der Waals surface area contributed by atoms with Crippen LogP contribution in [0.15, 0.2) is 48.5 Å². The van der Waals surface area contributed by atoms with Crippen LogP contribution in [0.5, 0.6) is 0 Å². The lowest BCUT2D eigenvalue weighted by Crippen LogP contribution is -2.23. The predicted molar refractivity (Wildman–Crippen MR) is 89.6 cm³/mol. The molecule has 0 spiro atoms. The lowest BCUT2D eigenvalue weighted by Gasteiger charge is -2.31. The zero-order valence-electron chi connectivity index (χ0n) is 12.2. The number of hydrogen-bond acceptors (Lipinski definition) is 0. The highest BCUT2D eigenvalue weighted by molar-refractivity contribution is 9.09. The molecule has 20 heavy (non-hydrogen) atoms. The van der Waals surface area contributed by atoms with Gasteiger partial charge in [-0.25, -0.2) is 0 Å². The molecule has 0 fully saturated rings. The molecule has 1 aliphatic carbocycles. The first kappa shape index (κ1) is 13.9. The predicted octanol–water partition coefficient (Wildman–Crippen LogP) is 5.59. The van der Waals surface area contributed by atoms with Gasteiger partial charge in [0, 0.05) is 10.2 Å². The van der Waals surface area contributed by atoms with Gasteiger partial charge in [-0.05, 0) is 41.5 Å². The minimum Gasteiger partial charge on any atom is -0.0829 e. The second-order valence-corrected chi connectivity index (χ2v) is 7.25. The van der Waals surface area contributed by atoms with Crippen molar-refractivity contribution >= 4 is 15.9 Å². The average Bonchev–Trinajstić information content (AvgIpc) is 2.94. The van der Waals surface area contributed by atoms with E-state index in [1.165, 1.54) is 30.4 Å². The summed E-state index contributed by atoms with van der Waals surface area (Å²) in [7, 11) is 0. The zero-order valence-corrected chi connectivity index (χ0v) is 13.8. The van der Waals surface area contributed by atoms with Gasteiger partial charge in [0.05, 0.1) is 0 Å². The van der Waals surface area contributed by atoms with Crippen LogP contribution in [0.1, 0.15) is 47.3 Å². The quantitative estimate of drug-likeness (QED) is 0.644. The van der Waals surface area contributed by atoms with Crippen molar-refractivity contribution in [1.29, 1.82) is 0 Å². The van der Waals surface area contributed by atoms with E-state index in [-0.39, 0.29) is 5.41 Å². The second kappa shape index (κ2) is 5.37. The van der Waals surface area contributed by atoms with Crippen molar-refractivity contribution in [3.8, 4) is 0 Å². The summed E-state index contributed by atoms with van der Waals surface area (Å²) < 4.78 is 0. The Morgan fingerprint density at radius 2 is 1.65 bits per heavy atom. The molecule has 104 valence electrons. The van der Waals surface area contributed by atoms with Crippen molar-refractivity contribution in [2.45, 2.75) is 43.4 Å². The van der Waals surface area contributed by atoms with Crippen LogP contribution in [0, 0.1) is 0 Å². The van der Waals surface area contributed by atoms with E-state index in [0.717, 1.165) is 0 Å². The fraction of sp³-hybridized carbons (Fsp3) is 0.368. The highest BCUT2D eigenvalue weighted by Crippen LogP contribution is 2.43. The maximum Gasteiger partial charge on any atom is 0.0486 e. The molecule has 2 aromatic carbocycles. The number of rotatable bonds is 3. The van der Waals surface area contributed by atoms with Crippen molar-refractivity contribution in [3.05, 3.63) is 70.8 Å². The molecule has 0 radical (unpaired) electrons. The topological polar surface area (TPSA) is 0 Å². The summed E-state index contributed by atoms with van der Waals surface area (Å²) in [5.41, 5.74) is 5.96. The highest BCUT2D eigenvalue weighted by atomic mass is 79.9. The van der Waals surface area contributed by atoms with E-state index in [4.69, 9.17) is 0 Å². The first-order chi connectivity index (χ1) is 9.59. The third kappa shape index (κ3) is 2.44. The number of benzene rings is 2. The van der Waals surface area contributed by atoms with Crippen LogP contribution in [-0.4, -0.2) is 0 Å². The van der Waals surface area contributed by atoms with E-state index in [0.29, 0.717) is 4.83 Å². The van der Waals surface area contributed by atoms with Crippen molar-refractivity contribution in [3.63, 3.8) is 0 Å². The molecule has 0 saturated heterocycles. The molecule has 0 aliphatic heterocycles. The lowest BCUT2D eigenvalue weighted by molar-refractivity contribution is 0.517. The lowest BCUT2D eigenvalue weighted by atomic mass is 9.79. The van der Waals surface area contributed by atoms with Gasteiger partial charge in [-0.1, -0.05) is 78.3 Å². The maximum absolute atomic E-state index is 3.95. The van der Waals surface area contributed by atoms with Gasteiger partial charge in [0.15, 0.2) is 0 Å². The smallest absolute Gasteiger partial charge is 0.0486 e.